The molecule has 0 radical (unpaired) electrons. The molecular formula is C10H21NOS. The van der Waals surface area contributed by atoms with Crippen LogP contribution in [0.4, 0.5) is 0 Å². The summed E-state index contributed by atoms with van der Waals surface area (Å²) in [6, 6.07) is 0.935. The quantitative estimate of drug-likeness (QED) is 0.710. The Hall–Kier alpha value is 0.270. The van der Waals surface area contributed by atoms with E-state index in [4.69, 9.17) is 0 Å². The van der Waals surface area contributed by atoms with Gasteiger partial charge in [-0.05, 0) is 18.1 Å². The second-order valence-corrected chi connectivity index (χ2v) is 5.05. The van der Waals surface area contributed by atoms with E-state index in [1.165, 1.54) is 17.9 Å². The predicted molar refractivity (Wildman–Crippen MR) is 59.2 cm³/mol. The number of rotatable bonds is 5. The summed E-state index contributed by atoms with van der Waals surface area (Å²) in [6.45, 7) is 4.66. The first-order chi connectivity index (χ1) is 6.27. The molecule has 0 spiro atoms. The molecule has 1 aliphatic heterocycles. The SMILES string of the molecule is CCC(C)C(CO)NC1CCSC1. The largest absolute Gasteiger partial charge is 0.395 e. The Morgan fingerprint density at radius 1 is 1.62 bits per heavy atom. The molecule has 0 saturated carbocycles. The summed E-state index contributed by atoms with van der Waals surface area (Å²) in [5.74, 6) is 3.07. The van der Waals surface area contributed by atoms with Crippen molar-refractivity contribution in [2.45, 2.75) is 38.8 Å². The molecule has 1 saturated heterocycles. The molecule has 2 N–H and O–H groups in total. The Labute approximate surface area is 85.5 Å². The summed E-state index contributed by atoms with van der Waals surface area (Å²) in [5, 5.41) is 12.8. The van der Waals surface area contributed by atoms with Gasteiger partial charge in [0, 0.05) is 17.8 Å². The third-order valence-electron chi connectivity index (χ3n) is 2.91. The van der Waals surface area contributed by atoms with Crippen molar-refractivity contribution in [1.29, 1.82) is 0 Å². The number of aliphatic hydroxyl groups excluding tert-OH is 1. The average Bonchev–Trinajstić information content (AvgIpc) is 2.65. The van der Waals surface area contributed by atoms with Crippen molar-refractivity contribution in [3.05, 3.63) is 0 Å². The van der Waals surface area contributed by atoms with Crippen LogP contribution in [0.3, 0.4) is 0 Å². The van der Waals surface area contributed by atoms with E-state index in [2.05, 4.69) is 19.2 Å². The van der Waals surface area contributed by atoms with Crippen LogP contribution in [0, 0.1) is 5.92 Å². The molecule has 1 rings (SSSR count). The maximum Gasteiger partial charge on any atom is 0.0587 e. The molecule has 0 aromatic heterocycles. The third kappa shape index (κ3) is 3.49. The standard InChI is InChI=1S/C10H21NOS/c1-3-8(2)10(6-12)11-9-4-5-13-7-9/h8-12H,3-7H2,1-2H3. The van der Waals surface area contributed by atoms with Gasteiger partial charge < -0.3 is 10.4 Å². The second-order valence-electron chi connectivity index (χ2n) is 3.90. The lowest BCUT2D eigenvalue weighted by atomic mass is 9.99. The van der Waals surface area contributed by atoms with Crippen LogP contribution in [-0.2, 0) is 0 Å². The van der Waals surface area contributed by atoms with E-state index in [1.54, 1.807) is 0 Å². The molecule has 13 heavy (non-hydrogen) atoms. The van der Waals surface area contributed by atoms with Gasteiger partial charge in [-0.25, -0.2) is 0 Å². The Balaban J connectivity index is 2.29. The molecule has 0 aromatic rings. The third-order valence-corrected chi connectivity index (χ3v) is 4.07. The van der Waals surface area contributed by atoms with Crippen LogP contribution < -0.4 is 5.32 Å². The van der Waals surface area contributed by atoms with Crippen LogP contribution in [0.5, 0.6) is 0 Å². The van der Waals surface area contributed by atoms with Gasteiger partial charge in [-0.2, -0.15) is 11.8 Å². The van der Waals surface area contributed by atoms with Crippen LogP contribution in [0.1, 0.15) is 26.7 Å². The van der Waals surface area contributed by atoms with E-state index in [1.807, 2.05) is 11.8 Å². The summed E-state index contributed by atoms with van der Waals surface area (Å²) in [6.07, 6.45) is 2.40. The molecule has 3 unspecified atom stereocenters. The van der Waals surface area contributed by atoms with Crippen molar-refractivity contribution in [3.63, 3.8) is 0 Å². The minimum Gasteiger partial charge on any atom is -0.395 e. The number of aliphatic hydroxyl groups is 1. The van der Waals surface area contributed by atoms with Crippen molar-refractivity contribution in [2.75, 3.05) is 18.1 Å². The molecule has 0 aliphatic carbocycles. The van der Waals surface area contributed by atoms with Crippen LogP contribution in [0.15, 0.2) is 0 Å². The molecule has 1 aliphatic rings. The smallest absolute Gasteiger partial charge is 0.0587 e. The lowest BCUT2D eigenvalue weighted by Gasteiger charge is -2.25. The Morgan fingerprint density at radius 2 is 2.38 bits per heavy atom. The lowest BCUT2D eigenvalue weighted by Crippen LogP contribution is -2.44. The van der Waals surface area contributed by atoms with Gasteiger partial charge in [0.2, 0.25) is 0 Å². The van der Waals surface area contributed by atoms with Gasteiger partial charge in [0.15, 0.2) is 0 Å². The van der Waals surface area contributed by atoms with Crippen molar-refractivity contribution in [1.82, 2.24) is 5.32 Å². The van der Waals surface area contributed by atoms with E-state index >= 15 is 0 Å². The fourth-order valence-electron chi connectivity index (χ4n) is 1.65. The molecule has 0 amide bonds. The second kappa shape index (κ2) is 5.89. The molecular weight excluding hydrogens is 182 g/mol. The van der Waals surface area contributed by atoms with Gasteiger partial charge in [0.25, 0.3) is 0 Å². The van der Waals surface area contributed by atoms with Gasteiger partial charge in [0.1, 0.15) is 0 Å². The number of nitrogens with one attached hydrogen (secondary N) is 1. The first-order valence-corrected chi connectivity index (χ1v) is 6.38. The van der Waals surface area contributed by atoms with Crippen LogP contribution >= 0.6 is 11.8 Å². The van der Waals surface area contributed by atoms with E-state index in [0.717, 1.165) is 6.42 Å². The number of hydrogen-bond acceptors (Lipinski definition) is 3. The fourth-order valence-corrected chi connectivity index (χ4v) is 2.82. The van der Waals surface area contributed by atoms with Crippen molar-refractivity contribution >= 4 is 11.8 Å². The van der Waals surface area contributed by atoms with Crippen molar-refractivity contribution in [2.24, 2.45) is 5.92 Å². The lowest BCUT2D eigenvalue weighted by molar-refractivity contribution is 0.193. The molecule has 0 aromatic carbocycles. The molecule has 78 valence electrons. The zero-order chi connectivity index (χ0) is 9.68. The first-order valence-electron chi connectivity index (χ1n) is 5.22. The zero-order valence-electron chi connectivity index (χ0n) is 8.62. The molecule has 1 fully saturated rings. The maximum atomic E-state index is 9.22. The zero-order valence-corrected chi connectivity index (χ0v) is 9.44. The summed E-state index contributed by atoms with van der Waals surface area (Å²) in [4.78, 5) is 0. The summed E-state index contributed by atoms with van der Waals surface area (Å²) in [7, 11) is 0. The Morgan fingerprint density at radius 3 is 2.85 bits per heavy atom. The summed E-state index contributed by atoms with van der Waals surface area (Å²) < 4.78 is 0. The molecule has 3 heteroatoms. The molecule has 2 nitrogen and oxygen atoms in total. The number of thioether (sulfide) groups is 1. The maximum absolute atomic E-state index is 9.22. The molecule has 3 atom stereocenters. The highest BCUT2D eigenvalue weighted by atomic mass is 32.2. The van der Waals surface area contributed by atoms with Crippen LogP contribution in [0.25, 0.3) is 0 Å². The first kappa shape index (κ1) is 11.3. The highest BCUT2D eigenvalue weighted by Crippen LogP contribution is 2.19. The fraction of sp³-hybridized carbons (Fsp3) is 1.00. The van der Waals surface area contributed by atoms with E-state index in [9.17, 15) is 5.11 Å². The topological polar surface area (TPSA) is 32.3 Å². The van der Waals surface area contributed by atoms with Crippen molar-refractivity contribution < 1.29 is 5.11 Å². The minimum atomic E-state index is 0.274. The van der Waals surface area contributed by atoms with Gasteiger partial charge >= 0.3 is 0 Å². The van der Waals surface area contributed by atoms with Gasteiger partial charge in [-0.3, -0.25) is 0 Å². The normalized spacial score (nSPS) is 27.5. The highest BCUT2D eigenvalue weighted by molar-refractivity contribution is 7.99. The average molecular weight is 203 g/mol. The van der Waals surface area contributed by atoms with Crippen molar-refractivity contribution in [3.8, 4) is 0 Å². The summed E-state index contributed by atoms with van der Waals surface area (Å²) >= 11 is 2.01. The van der Waals surface area contributed by atoms with E-state index < -0.39 is 0 Å². The van der Waals surface area contributed by atoms with Gasteiger partial charge in [-0.1, -0.05) is 20.3 Å². The molecule has 1 heterocycles. The summed E-state index contributed by atoms with van der Waals surface area (Å²) in [5.41, 5.74) is 0. The van der Waals surface area contributed by atoms with Gasteiger partial charge in [0.05, 0.1) is 6.61 Å². The molecule has 0 bridgehead atoms. The number of hydrogen-bond donors (Lipinski definition) is 2. The predicted octanol–water partition coefficient (Wildman–Crippen LogP) is 1.49. The van der Waals surface area contributed by atoms with Crippen LogP contribution in [0.2, 0.25) is 0 Å². The van der Waals surface area contributed by atoms with Crippen LogP contribution in [-0.4, -0.2) is 35.3 Å². The Bertz CT molecular complexity index is 137. The van der Waals surface area contributed by atoms with E-state index in [-0.39, 0.29) is 6.61 Å². The minimum absolute atomic E-state index is 0.274. The van der Waals surface area contributed by atoms with Gasteiger partial charge in [-0.15, -0.1) is 0 Å². The monoisotopic (exact) mass is 203 g/mol. The Kier molecular flexibility index (Phi) is 5.14. The highest BCUT2D eigenvalue weighted by Gasteiger charge is 2.21. The van der Waals surface area contributed by atoms with E-state index in [0.29, 0.717) is 18.0 Å².